The van der Waals surface area contributed by atoms with Crippen LogP contribution in [0.5, 0.6) is 0 Å². The number of hydrazine groups is 1. The standard InChI is InChI=1S/C11H10ClFN2O/c12-7-3-4-9(13)8(6-7)11(15-14)10-2-1-5-16-10/h1-6,11,15H,14H2. The number of hydrogen-bond acceptors (Lipinski definition) is 3. The van der Waals surface area contributed by atoms with E-state index in [0.717, 1.165) is 0 Å². The van der Waals surface area contributed by atoms with E-state index < -0.39 is 6.04 Å². The van der Waals surface area contributed by atoms with E-state index in [1.54, 1.807) is 12.1 Å². The largest absolute Gasteiger partial charge is 0.467 e. The Balaban J connectivity index is 2.44. The molecule has 0 saturated heterocycles. The fourth-order valence-electron chi connectivity index (χ4n) is 1.52. The minimum atomic E-state index is -0.548. The fourth-order valence-corrected chi connectivity index (χ4v) is 1.70. The second-order valence-electron chi connectivity index (χ2n) is 3.28. The lowest BCUT2D eigenvalue weighted by molar-refractivity contribution is 0.441. The Hall–Kier alpha value is -1.36. The topological polar surface area (TPSA) is 51.2 Å². The highest BCUT2D eigenvalue weighted by Gasteiger charge is 2.19. The quantitative estimate of drug-likeness (QED) is 0.641. The van der Waals surface area contributed by atoms with Gasteiger partial charge in [0.1, 0.15) is 17.6 Å². The maximum absolute atomic E-state index is 13.6. The van der Waals surface area contributed by atoms with Crippen LogP contribution in [0.4, 0.5) is 4.39 Å². The van der Waals surface area contributed by atoms with E-state index in [2.05, 4.69) is 5.43 Å². The van der Waals surface area contributed by atoms with Crippen LogP contribution in [0.2, 0.25) is 5.02 Å². The molecule has 2 aromatic rings. The number of halogens is 2. The Morgan fingerprint density at radius 1 is 1.38 bits per heavy atom. The zero-order valence-corrected chi connectivity index (χ0v) is 9.04. The summed E-state index contributed by atoms with van der Waals surface area (Å²) in [5.41, 5.74) is 2.85. The van der Waals surface area contributed by atoms with Gasteiger partial charge in [-0.1, -0.05) is 11.6 Å². The van der Waals surface area contributed by atoms with Gasteiger partial charge in [0.2, 0.25) is 0 Å². The van der Waals surface area contributed by atoms with E-state index >= 15 is 0 Å². The summed E-state index contributed by atoms with van der Waals surface area (Å²) in [5.74, 6) is 5.54. The van der Waals surface area contributed by atoms with E-state index in [-0.39, 0.29) is 5.82 Å². The van der Waals surface area contributed by atoms with Crippen molar-refractivity contribution >= 4 is 11.6 Å². The van der Waals surface area contributed by atoms with E-state index in [4.69, 9.17) is 21.9 Å². The van der Waals surface area contributed by atoms with Crippen molar-refractivity contribution in [2.75, 3.05) is 0 Å². The SMILES string of the molecule is NNC(c1ccco1)c1cc(Cl)ccc1F. The van der Waals surface area contributed by atoms with Gasteiger partial charge in [-0.25, -0.2) is 9.82 Å². The summed E-state index contributed by atoms with van der Waals surface area (Å²) >= 11 is 5.81. The van der Waals surface area contributed by atoms with Crippen molar-refractivity contribution in [1.82, 2.24) is 5.43 Å². The summed E-state index contributed by atoms with van der Waals surface area (Å²) in [5, 5.41) is 0.447. The number of furan rings is 1. The van der Waals surface area contributed by atoms with Gasteiger partial charge >= 0.3 is 0 Å². The van der Waals surface area contributed by atoms with Gasteiger partial charge in [0.15, 0.2) is 0 Å². The maximum atomic E-state index is 13.6. The molecule has 3 nitrogen and oxygen atoms in total. The molecule has 0 aliphatic heterocycles. The van der Waals surface area contributed by atoms with Gasteiger partial charge in [0, 0.05) is 10.6 Å². The average molecular weight is 241 g/mol. The normalized spacial score (nSPS) is 12.7. The average Bonchev–Trinajstić information content (AvgIpc) is 2.78. The first-order valence-corrected chi connectivity index (χ1v) is 5.04. The van der Waals surface area contributed by atoms with Gasteiger partial charge in [0.25, 0.3) is 0 Å². The highest BCUT2D eigenvalue weighted by atomic mass is 35.5. The molecule has 0 aliphatic carbocycles. The van der Waals surface area contributed by atoms with Gasteiger partial charge in [-0.05, 0) is 30.3 Å². The number of hydrogen-bond donors (Lipinski definition) is 2. The molecule has 1 unspecified atom stereocenters. The monoisotopic (exact) mass is 240 g/mol. The van der Waals surface area contributed by atoms with Gasteiger partial charge < -0.3 is 4.42 Å². The van der Waals surface area contributed by atoms with Gasteiger partial charge in [-0.2, -0.15) is 0 Å². The molecule has 0 aliphatic rings. The highest BCUT2D eigenvalue weighted by Crippen LogP contribution is 2.26. The number of nitrogens with one attached hydrogen (secondary N) is 1. The van der Waals surface area contributed by atoms with Crippen LogP contribution in [0.3, 0.4) is 0 Å². The molecule has 1 atom stereocenters. The minimum Gasteiger partial charge on any atom is -0.467 e. The van der Waals surface area contributed by atoms with E-state index in [1.165, 1.54) is 24.5 Å². The molecule has 2 rings (SSSR count). The van der Waals surface area contributed by atoms with E-state index in [0.29, 0.717) is 16.3 Å². The number of nitrogens with two attached hydrogens (primary N) is 1. The second-order valence-corrected chi connectivity index (χ2v) is 3.72. The lowest BCUT2D eigenvalue weighted by Gasteiger charge is -2.14. The first-order valence-electron chi connectivity index (χ1n) is 4.67. The molecule has 16 heavy (non-hydrogen) atoms. The van der Waals surface area contributed by atoms with E-state index in [1.807, 2.05) is 0 Å². The second kappa shape index (κ2) is 4.65. The minimum absolute atomic E-state index is 0.352. The molecular weight excluding hydrogens is 231 g/mol. The zero-order valence-electron chi connectivity index (χ0n) is 8.28. The van der Waals surface area contributed by atoms with Crippen LogP contribution in [-0.2, 0) is 0 Å². The van der Waals surface area contributed by atoms with Crippen molar-refractivity contribution in [1.29, 1.82) is 0 Å². The van der Waals surface area contributed by atoms with Crippen molar-refractivity contribution < 1.29 is 8.81 Å². The molecule has 0 radical (unpaired) electrons. The van der Waals surface area contributed by atoms with Gasteiger partial charge in [-0.15, -0.1) is 0 Å². The molecule has 0 spiro atoms. The fraction of sp³-hybridized carbons (Fsp3) is 0.0909. The summed E-state index contributed by atoms with van der Waals surface area (Å²) in [7, 11) is 0. The van der Waals surface area contributed by atoms with Crippen LogP contribution >= 0.6 is 11.6 Å². The van der Waals surface area contributed by atoms with Gasteiger partial charge in [0.05, 0.1) is 6.26 Å². The van der Waals surface area contributed by atoms with Crippen LogP contribution in [0.15, 0.2) is 41.0 Å². The summed E-state index contributed by atoms with van der Waals surface area (Å²) in [4.78, 5) is 0. The predicted molar refractivity (Wildman–Crippen MR) is 59.3 cm³/mol. The van der Waals surface area contributed by atoms with Crippen molar-refractivity contribution in [2.24, 2.45) is 5.84 Å². The molecule has 1 aromatic heterocycles. The molecule has 0 amide bonds. The Morgan fingerprint density at radius 3 is 2.81 bits per heavy atom. The Morgan fingerprint density at radius 2 is 2.19 bits per heavy atom. The third-order valence-corrected chi connectivity index (χ3v) is 2.50. The summed E-state index contributed by atoms with van der Waals surface area (Å²) in [6.45, 7) is 0. The molecule has 5 heteroatoms. The molecule has 0 saturated carbocycles. The number of benzene rings is 1. The Bertz CT molecular complexity index is 473. The Labute approximate surface area is 97.0 Å². The molecule has 0 bridgehead atoms. The van der Waals surface area contributed by atoms with Crippen molar-refractivity contribution in [2.45, 2.75) is 6.04 Å². The molecule has 0 fully saturated rings. The van der Waals surface area contributed by atoms with Crippen molar-refractivity contribution in [3.63, 3.8) is 0 Å². The predicted octanol–water partition coefficient (Wildman–Crippen LogP) is 2.62. The third kappa shape index (κ3) is 2.09. The summed E-state index contributed by atoms with van der Waals surface area (Å²) in [6, 6.07) is 7.17. The van der Waals surface area contributed by atoms with Crippen LogP contribution in [0.25, 0.3) is 0 Å². The zero-order chi connectivity index (χ0) is 11.5. The van der Waals surface area contributed by atoms with E-state index in [9.17, 15) is 4.39 Å². The van der Waals surface area contributed by atoms with Crippen molar-refractivity contribution in [3.8, 4) is 0 Å². The third-order valence-electron chi connectivity index (χ3n) is 2.26. The van der Waals surface area contributed by atoms with Crippen LogP contribution < -0.4 is 11.3 Å². The first kappa shape index (κ1) is 11.1. The maximum Gasteiger partial charge on any atom is 0.128 e. The van der Waals surface area contributed by atoms with Crippen LogP contribution in [-0.4, -0.2) is 0 Å². The van der Waals surface area contributed by atoms with Crippen molar-refractivity contribution in [3.05, 3.63) is 58.8 Å². The molecule has 1 aromatic carbocycles. The van der Waals surface area contributed by atoms with Crippen LogP contribution in [0.1, 0.15) is 17.4 Å². The van der Waals surface area contributed by atoms with Crippen LogP contribution in [0, 0.1) is 5.82 Å². The molecular formula is C11H10ClFN2O. The Kier molecular flexibility index (Phi) is 3.24. The van der Waals surface area contributed by atoms with Gasteiger partial charge in [-0.3, -0.25) is 5.84 Å². The lowest BCUT2D eigenvalue weighted by Crippen LogP contribution is -2.29. The first-order chi connectivity index (χ1) is 7.72. The summed E-state index contributed by atoms with van der Waals surface area (Å²) < 4.78 is 18.8. The lowest BCUT2D eigenvalue weighted by atomic mass is 10.0. The molecule has 84 valence electrons. The molecule has 1 heterocycles. The highest BCUT2D eigenvalue weighted by molar-refractivity contribution is 6.30. The summed E-state index contributed by atoms with van der Waals surface area (Å²) in [6.07, 6.45) is 1.50. The molecule has 3 N–H and O–H groups in total. The number of rotatable bonds is 3. The smallest absolute Gasteiger partial charge is 0.128 e.